The summed E-state index contributed by atoms with van der Waals surface area (Å²) in [5.74, 6) is -0.0909. The standard InChI is InChI=1S/C5H8N4O2/c1-2-6-4-3-7-8-5(4)9(10)11/h3,6H,2H2,1H3,(H,7,8). The van der Waals surface area contributed by atoms with Crippen molar-refractivity contribution in [1.82, 2.24) is 10.2 Å². The fourth-order valence-electron chi connectivity index (χ4n) is 0.738. The summed E-state index contributed by atoms with van der Waals surface area (Å²) in [4.78, 5) is 9.74. The van der Waals surface area contributed by atoms with Gasteiger partial charge in [0.05, 0.1) is 0 Å². The largest absolute Gasteiger partial charge is 0.377 e. The molecule has 1 rings (SSSR count). The quantitative estimate of drug-likeness (QED) is 0.499. The van der Waals surface area contributed by atoms with Crippen LogP contribution < -0.4 is 5.32 Å². The molecule has 0 aliphatic carbocycles. The average Bonchev–Trinajstić information content (AvgIpc) is 2.36. The number of hydrogen-bond donors (Lipinski definition) is 2. The van der Waals surface area contributed by atoms with Gasteiger partial charge >= 0.3 is 5.82 Å². The third-order valence-electron chi connectivity index (χ3n) is 1.17. The molecule has 0 fully saturated rings. The predicted molar refractivity (Wildman–Crippen MR) is 39.4 cm³/mol. The first-order valence-corrected chi connectivity index (χ1v) is 3.17. The molecule has 0 aromatic carbocycles. The first-order chi connectivity index (χ1) is 5.25. The molecule has 6 nitrogen and oxygen atoms in total. The fraction of sp³-hybridized carbons (Fsp3) is 0.400. The van der Waals surface area contributed by atoms with Crippen LogP contribution in [0.25, 0.3) is 0 Å². The van der Waals surface area contributed by atoms with E-state index in [1.165, 1.54) is 6.20 Å². The minimum atomic E-state index is -0.509. The number of anilines is 1. The monoisotopic (exact) mass is 156 g/mol. The van der Waals surface area contributed by atoms with Crippen LogP contribution in [0.4, 0.5) is 11.5 Å². The molecule has 0 aliphatic heterocycles. The lowest BCUT2D eigenvalue weighted by molar-refractivity contribution is -0.388. The molecule has 1 heterocycles. The molecule has 11 heavy (non-hydrogen) atoms. The highest BCUT2D eigenvalue weighted by molar-refractivity contribution is 5.55. The molecule has 0 aliphatic rings. The van der Waals surface area contributed by atoms with E-state index in [1.54, 1.807) is 0 Å². The van der Waals surface area contributed by atoms with Gasteiger partial charge in [-0.3, -0.25) is 0 Å². The Kier molecular flexibility index (Phi) is 2.05. The minimum absolute atomic E-state index is 0.0909. The maximum atomic E-state index is 10.3. The van der Waals surface area contributed by atoms with Crippen molar-refractivity contribution >= 4 is 11.5 Å². The maximum Gasteiger partial charge on any atom is 0.366 e. The number of hydrogen-bond acceptors (Lipinski definition) is 4. The minimum Gasteiger partial charge on any atom is -0.377 e. The van der Waals surface area contributed by atoms with Crippen LogP contribution in [0.2, 0.25) is 0 Å². The van der Waals surface area contributed by atoms with E-state index in [0.717, 1.165) is 0 Å². The topological polar surface area (TPSA) is 83.8 Å². The van der Waals surface area contributed by atoms with Gasteiger partial charge in [-0.15, -0.1) is 5.10 Å². The molecule has 6 heteroatoms. The third kappa shape index (κ3) is 1.46. The van der Waals surface area contributed by atoms with Crippen molar-refractivity contribution in [2.45, 2.75) is 6.92 Å². The molecule has 2 N–H and O–H groups in total. The summed E-state index contributed by atoms with van der Waals surface area (Å²) < 4.78 is 0. The van der Waals surface area contributed by atoms with Gasteiger partial charge < -0.3 is 15.4 Å². The zero-order chi connectivity index (χ0) is 8.27. The Bertz CT molecular complexity index is 257. The van der Waals surface area contributed by atoms with Crippen LogP contribution in [0, 0.1) is 10.1 Å². The van der Waals surface area contributed by atoms with Crippen LogP contribution in [-0.4, -0.2) is 21.7 Å². The molecule has 0 saturated carbocycles. The van der Waals surface area contributed by atoms with Gasteiger partial charge in [0.2, 0.25) is 0 Å². The lowest BCUT2D eigenvalue weighted by Crippen LogP contribution is -1.98. The summed E-state index contributed by atoms with van der Waals surface area (Å²) in [6, 6.07) is 0. The Morgan fingerprint density at radius 3 is 3.18 bits per heavy atom. The van der Waals surface area contributed by atoms with Crippen LogP contribution in [0.5, 0.6) is 0 Å². The first kappa shape index (κ1) is 7.52. The van der Waals surface area contributed by atoms with Gasteiger partial charge in [-0.05, 0) is 11.8 Å². The van der Waals surface area contributed by atoms with Gasteiger partial charge in [0.15, 0.2) is 5.69 Å². The van der Waals surface area contributed by atoms with Crippen LogP contribution in [-0.2, 0) is 0 Å². The molecular weight excluding hydrogens is 148 g/mol. The second kappa shape index (κ2) is 3.00. The number of nitro groups is 1. The first-order valence-electron chi connectivity index (χ1n) is 3.17. The van der Waals surface area contributed by atoms with Crippen molar-refractivity contribution in [2.24, 2.45) is 0 Å². The second-order valence-electron chi connectivity index (χ2n) is 1.92. The van der Waals surface area contributed by atoms with Crippen molar-refractivity contribution in [3.63, 3.8) is 0 Å². The summed E-state index contributed by atoms with van der Waals surface area (Å²) >= 11 is 0. The van der Waals surface area contributed by atoms with E-state index in [-0.39, 0.29) is 5.82 Å². The van der Waals surface area contributed by atoms with E-state index in [9.17, 15) is 10.1 Å². The van der Waals surface area contributed by atoms with Gasteiger partial charge in [-0.2, -0.15) is 0 Å². The van der Waals surface area contributed by atoms with E-state index in [1.807, 2.05) is 6.92 Å². The Morgan fingerprint density at radius 2 is 2.64 bits per heavy atom. The van der Waals surface area contributed by atoms with Crippen molar-refractivity contribution in [1.29, 1.82) is 0 Å². The van der Waals surface area contributed by atoms with Crippen LogP contribution >= 0.6 is 0 Å². The average molecular weight is 156 g/mol. The molecule has 0 spiro atoms. The second-order valence-corrected chi connectivity index (χ2v) is 1.92. The smallest absolute Gasteiger partial charge is 0.366 e. The number of H-pyrrole nitrogens is 1. The normalized spacial score (nSPS) is 9.55. The molecule has 0 amide bonds. The predicted octanol–water partition coefficient (Wildman–Crippen LogP) is 0.750. The number of aromatic amines is 1. The lowest BCUT2D eigenvalue weighted by Gasteiger charge is -1.96. The lowest BCUT2D eigenvalue weighted by atomic mass is 10.5. The number of rotatable bonds is 3. The molecule has 60 valence electrons. The third-order valence-corrected chi connectivity index (χ3v) is 1.17. The highest BCUT2D eigenvalue weighted by Gasteiger charge is 2.12. The molecule has 0 unspecified atom stereocenters. The van der Waals surface area contributed by atoms with Gasteiger partial charge in [0.1, 0.15) is 6.20 Å². The maximum absolute atomic E-state index is 10.3. The van der Waals surface area contributed by atoms with Gasteiger partial charge in [0.25, 0.3) is 0 Å². The molecule has 0 saturated heterocycles. The number of aromatic nitrogens is 2. The fourth-order valence-corrected chi connectivity index (χ4v) is 0.738. The van der Waals surface area contributed by atoms with E-state index in [4.69, 9.17) is 0 Å². The van der Waals surface area contributed by atoms with Crippen LogP contribution in [0.1, 0.15) is 6.92 Å². The molecule has 1 aromatic heterocycles. The Labute approximate surface area is 62.8 Å². The van der Waals surface area contributed by atoms with Gasteiger partial charge in [-0.25, -0.2) is 0 Å². The van der Waals surface area contributed by atoms with E-state index in [2.05, 4.69) is 15.5 Å². The van der Waals surface area contributed by atoms with Crippen LogP contribution in [0.15, 0.2) is 6.20 Å². The molecule has 0 atom stereocenters. The Hall–Kier alpha value is -1.59. The highest BCUT2D eigenvalue weighted by Crippen LogP contribution is 2.18. The van der Waals surface area contributed by atoms with Crippen molar-refractivity contribution < 1.29 is 4.92 Å². The van der Waals surface area contributed by atoms with Gasteiger partial charge in [-0.1, -0.05) is 5.10 Å². The zero-order valence-electron chi connectivity index (χ0n) is 6.00. The number of nitrogens with one attached hydrogen (secondary N) is 2. The summed E-state index contributed by atoms with van der Waals surface area (Å²) in [6.45, 7) is 2.50. The van der Waals surface area contributed by atoms with Crippen LogP contribution in [0.3, 0.4) is 0 Å². The molecule has 0 radical (unpaired) electrons. The van der Waals surface area contributed by atoms with Crippen molar-refractivity contribution in [3.05, 3.63) is 16.3 Å². The summed E-state index contributed by atoms with van der Waals surface area (Å²) in [5, 5.41) is 18.9. The molecule has 0 bridgehead atoms. The summed E-state index contributed by atoms with van der Waals surface area (Å²) in [6.07, 6.45) is 1.39. The number of nitrogens with zero attached hydrogens (tertiary/aromatic N) is 2. The Morgan fingerprint density at radius 1 is 1.91 bits per heavy atom. The highest BCUT2D eigenvalue weighted by atomic mass is 16.6. The van der Waals surface area contributed by atoms with E-state index >= 15 is 0 Å². The SMILES string of the molecule is CCNc1cn[nH]c1[N+](=O)[O-]. The summed E-state index contributed by atoms with van der Waals surface area (Å²) in [7, 11) is 0. The van der Waals surface area contributed by atoms with E-state index < -0.39 is 4.92 Å². The zero-order valence-corrected chi connectivity index (χ0v) is 6.00. The summed E-state index contributed by atoms with van der Waals surface area (Å²) in [5.41, 5.74) is 0.428. The molecular formula is C5H8N4O2. The van der Waals surface area contributed by atoms with Crippen molar-refractivity contribution in [2.75, 3.05) is 11.9 Å². The van der Waals surface area contributed by atoms with Gasteiger partial charge in [0, 0.05) is 6.54 Å². The van der Waals surface area contributed by atoms with E-state index in [0.29, 0.717) is 12.2 Å². The van der Waals surface area contributed by atoms with Crippen molar-refractivity contribution in [3.8, 4) is 0 Å². The Balaban J connectivity index is 2.87. The molecule has 1 aromatic rings.